The summed E-state index contributed by atoms with van der Waals surface area (Å²) >= 11 is 0. The molecule has 0 aromatic carbocycles. The summed E-state index contributed by atoms with van der Waals surface area (Å²) in [6, 6.07) is -2.77. The Morgan fingerprint density at radius 3 is 0.845 bits per heavy atom. The number of guanidine groups is 2. The Labute approximate surface area is 666 Å². The topological polar surface area (TPSA) is 688 Å². The number of ketones is 10. The summed E-state index contributed by atoms with van der Waals surface area (Å²) in [6.07, 6.45) is 6.94. The van der Waals surface area contributed by atoms with Gasteiger partial charge in [0.2, 0.25) is 0 Å². The van der Waals surface area contributed by atoms with Gasteiger partial charge in [-0.25, -0.2) is 0 Å². The monoisotopic (exact) mass is 1580 g/mol. The zero-order chi connectivity index (χ0) is 89.2. The van der Waals surface area contributed by atoms with Crippen molar-refractivity contribution >= 4 is 69.8 Å². The molecule has 0 amide bonds. The Morgan fingerprint density at radius 2 is 0.591 bits per heavy atom. The maximum Gasteiger partial charge on any atom is 0.185 e. The van der Waals surface area contributed by atoms with Gasteiger partial charge in [0, 0.05) is 110 Å². The molecule has 38 N–H and O–H groups in total. The lowest BCUT2D eigenvalue weighted by atomic mass is 9.94. The van der Waals surface area contributed by atoms with E-state index in [1.807, 2.05) is 152 Å². The highest BCUT2D eigenvalue weighted by Gasteiger charge is 2.22. The molecule has 0 aliphatic heterocycles. The number of carbonyl (C=O) groups is 10. The molecule has 1 unspecified atom stereocenters. The summed E-state index contributed by atoms with van der Waals surface area (Å²) in [5, 5.41) is 5.73. The molecule has 654 valence electrons. The van der Waals surface area contributed by atoms with Gasteiger partial charge in [0.05, 0.1) is 60.8 Å². The molecule has 0 rings (SSSR count). The van der Waals surface area contributed by atoms with E-state index >= 15 is 0 Å². The van der Waals surface area contributed by atoms with Crippen LogP contribution in [0.2, 0.25) is 0 Å². The van der Waals surface area contributed by atoms with Crippen LogP contribution in [0.4, 0.5) is 0 Å². The normalized spacial score (nSPS) is 13.6. The van der Waals surface area contributed by atoms with Gasteiger partial charge in [-0.2, -0.15) is 0 Å². The van der Waals surface area contributed by atoms with Crippen molar-refractivity contribution in [2.45, 2.75) is 279 Å². The van der Waals surface area contributed by atoms with Crippen molar-refractivity contribution in [2.24, 2.45) is 190 Å². The highest BCUT2D eigenvalue weighted by atomic mass is 16.2. The maximum atomic E-state index is 11.3. The van der Waals surface area contributed by atoms with Gasteiger partial charge in [-0.3, -0.25) is 57.9 Å². The summed E-state index contributed by atoms with van der Waals surface area (Å²) in [6.45, 7) is 54.6. The number of hydrogen-bond acceptors (Lipinski definition) is 28. The van der Waals surface area contributed by atoms with Crippen LogP contribution in [0.25, 0.3) is 0 Å². The van der Waals surface area contributed by atoms with Crippen molar-refractivity contribution in [3.63, 3.8) is 0 Å². The van der Waals surface area contributed by atoms with Crippen LogP contribution in [-0.4, -0.2) is 177 Å². The summed E-state index contributed by atoms with van der Waals surface area (Å²) in [7, 11) is 0. The van der Waals surface area contributed by atoms with Crippen molar-refractivity contribution in [1.82, 2.24) is 10.6 Å². The fraction of sp³-hybridized carbons (Fsp3) is 0.821. The van der Waals surface area contributed by atoms with E-state index in [1.165, 1.54) is 0 Å². The van der Waals surface area contributed by atoms with Gasteiger partial charge in [-0.15, -0.1) is 0 Å². The van der Waals surface area contributed by atoms with Crippen molar-refractivity contribution in [2.75, 3.05) is 58.9 Å². The van der Waals surface area contributed by atoms with Crippen molar-refractivity contribution in [3.05, 3.63) is 12.4 Å². The number of Topliss-reactive ketones (excluding diaryl/α,β-unsaturated/α-hetero) is 10. The first-order chi connectivity index (χ1) is 50.3. The molecule has 0 saturated carbocycles. The minimum Gasteiger partial charge on any atom is -0.386 e. The first-order valence-corrected chi connectivity index (χ1v) is 39.3. The lowest BCUT2D eigenvalue weighted by molar-refractivity contribution is -0.126. The summed E-state index contributed by atoms with van der Waals surface area (Å²) in [4.78, 5) is 119. The Balaban J connectivity index is -0.000000127. The van der Waals surface area contributed by atoms with Gasteiger partial charge < -0.3 is 114 Å². The standard InChI is InChI=1S/C9H19N3O.C9H19NO.C8H18N4O.C8H19N3O.C8H18N2O.C8H17NO.C7H16N4O.C7H16N2O.2C7H15NO/c1-6(2)9(13)8(11)4-5-12-7(3)10;1-4-5-6-8(10)9(11)7(2)3;1-5(2)7(13)6(9)3-4-12-8(10)11;1-5(2)8(12)7(10)4-11-6(3)9;1-6(2)8(11)7(10)4-3-5-9;1-6(2)8(10)7(3)4-5-9;1-4(2)6(12)5(8)3-11-7(9)10;1-5(2)7(10)6(9)3-4-8;2*1-5(2)7(9)6(3)4-8/h6,8,12H,3-5,10-11H2,1-2H3;7-8H,4-6,10H2,1-3H3;5-6H,3-4,9H2,1-2H3,(H4,10,11,12);5-7,11H,4,9-10H2,1-3H3;6-7H,3-5,9-10H2,1-2H3;6-7H,4-5,9H2,1-3H3;4-5H,3,8H2,1-2H3,(H4,9,10,11);5-6H,3-4,8-9H2,1-2H3;2*5-6H,4,8H2,1-3H3/t2*8-;6-;6?,7-;2*7-;5-;3*6-/m1100001110/s1. The number of nitrogens with one attached hydrogen (secondary N) is 2. The molecule has 0 radical (unpaired) electrons. The van der Waals surface area contributed by atoms with Crippen LogP contribution >= 0.6 is 0 Å². The third-order valence-electron chi connectivity index (χ3n) is 15.8. The lowest BCUT2D eigenvalue weighted by Gasteiger charge is -2.15. The van der Waals surface area contributed by atoms with Crippen LogP contribution in [0.1, 0.15) is 231 Å². The molecule has 11 atom stereocenters. The van der Waals surface area contributed by atoms with Gasteiger partial charge in [0.1, 0.15) is 17.3 Å². The van der Waals surface area contributed by atoms with Crippen molar-refractivity contribution in [3.8, 4) is 0 Å². The molecule has 0 heterocycles. The van der Waals surface area contributed by atoms with Crippen molar-refractivity contribution < 1.29 is 47.9 Å². The van der Waals surface area contributed by atoms with Crippen LogP contribution in [0.3, 0.4) is 0 Å². The van der Waals surface area contributed by atoms with Gasteiger partial charge >= 0.3 is 0 Å². The van der Waals surface area contributed by atoms with E-state index in [4.69, 9.17) is 103 Å². The quantitative estimate of drug-likeness (QED) is 0.0236. The van der Waals surface area contributed by atoms with Crippen molar-refractivity contribution in [1.29, 1.82) is 0 Å². The molecule has 0 bridgehead atoms. The Morgan fingerprint density at radius 1 is 0.318 bits per heavy atom. The summed E-state index contributed by atoms with van der Waals surface area (Å²) in [5.41, 5.74) is 96.6. The smallest absolute Gasteiger partial charge is 0.185 e. The Bertz CT molecular complexity index is 2390. The average molecular weight is 1580 g/mol. The molecule has 0 aromatic heterocycles. The van der Waals surface area contributed by atoms with Crippen LogP contribution in [-0.2, 0) is 47.9 Å². The molecule has 32 heteroatoms. The molecular weight excluding hydrogens is 1410 g/mol. The SMILES string of the molecule is C=C(N)NCC[C@@H](N)C(=O)C(C)C.CC(C)C(=O)[C@@H](C)CCN.CC(C)C(=O)[C@@H](C)CN.CC(C)C(=O)[C@@H](N)CCCN.CC(C)C(=O)[C@@H](N)CCN=C(N)N.CC(C)C(=O)[C@H](C)CN.CC(C)C(=O)[C@H](N)CCN.CC(C)C(=O)[C@H](N)CN=C(N)N.CC(N)NC[C@H](N)C(=O)C(C)C.CCCC[C@@H](N)C(=O)C(C)C. The van der Waals surface area contributed by atoms with Crippen LogP contribution in [0.5, 0.6) is 0 Å². The molecule has 0 aliphatic carbocycles. The second-order valence-corrected chi connectivity index (χ2v) is 30.5. The predicted molar refractivity (Wildman–Crippen MR) is 459 cm³/mol. The number of aliphatic imine (C=N–C) groups is 2. The highest BCUT2D eigenvalue weighted by Crippen LogP contribution is 2.11. The fourth-order valence-corrected chi connectivity index (χ4v) is 8.41. The number of nitrogens with two attached hydrogens (primary N) is 18. The first-order valence-electron chi connectivity index (χ1n) is 39.3. The van der Waals surface area contributed by atoms with Crippen LogP contribution in [0, 0.1) is 76.9 Å². The van der Waals surface area contributed by atoms with E-state index in [0.717, 1.165) is 32.1 Å². The molecule has 0 fully saturated rings. The number of rotatable bonds is 44. The molecule has 0 aliphatic rings. The minimum atomic E-state index is -0.591. The molecular formula is C78H172N22O10. The van der Waals surface area contributed by atoms with Gasteiger partial charge in [-0.05, 0) is 71.5 Å². The van der Waals surface area contributed by atoms with Crippen LogP contribution in [0.15, 0.2) is 22.4 Å². The summed E-state index contributed by atoms with van der Waals surface area (Å²) in [5.74, 6) is 2.52. The number of carbonyl (C=O) groups excluding carboxylic acids is 10. The van der Waals surface area contributed by atoms with E-state index in [1.54, 1.807) is 13.8 Å². The zero-order valence-electron chi connectivity index (χ0n) is 73.4. The number of hydrogen-bond donors (Lipinski definition) is 20. The maximum absolute atomic E-state index is 11.3. The van der Waals surface area contributed by atoms with E-state index in [2.05, 4.69) is 34.1 Å². The van der Waals surface area contributed by atoms with Crippen LogP contribution < -0.4 is 114 Å². The third-order valence-corrected chi connectivity index (χ3v) is 15.8. The zero-order valence-corrected chi connectivity index (χ0v) is 73.4. The second-order valence-electron chi connectivity index (χ2n) is 30.5. The van der Waals surface area contributed by atoms with E-state index in [-0.39, 0.29) is 172 Å². The molecule has 0 aromatic rings. The van der Waals surface area contributed by atoms with E-state index in [0.29, 0.717) is 89.6 Å². The molecule has 32 nitrogen and oxygen atoms in total. The number of nitrogens with zero attached hydrogens (tertiary/aromatic N) is 2. The molecule has 0 spiro atoms. The van der Waals surface area contributed by atoms with Gasteiger partial charge in [-0.1, -0.05) is 186 Å². The second kappa shape index (κ2) is 77.0. The van der Waals surface area contributed by atoms with Gasteiger partial charge in [0.25, 0.3) is 0 Å². The van der Waals surface area contributed by atoms with E-state index < -0.39 is 24.2 Å². The molecule has 110 heavy (non-hydrogen) atoms. The lowest BCUT2D eigenvalue weighted by Crippen LogP contribution is -2.47. The molecule has 0 saturated heterocycles. The number of unbranched alkanes of at least 4 members (excludes halogenated alkanes) is 1. The highest BCUT2D eigenvalue weighted by molar-refractivity contribution is 5.89. The largest absolute Gasteiger partial charge is 0.386 e. The third kappa shape index (κ3) is 80.1. The van der Waals surface area contributed by atoms with Gasteiger partial charge in [0.15, 0.2) is 52.4 Å². The Kier molecular flexibility index (Phi) is 87.4. The van der Waals surface area contributed by atoms with E-state index in [9.17, 15) is 47.9 Å². The predicted octanol–water partition coefficient (Wildman–Crippen LogP) is 2.10. The summed E-state index contributed by atoms with van der Waals surface area (Å²) < 4.78 is 0. The first kappa shape index (κ1) is 125. The minimum absolute atomic E-state index is 0.00363. The average Bonchev–Trinajstić information content (AvgIpc) is 1.01. The Hall–Kier alpha value is -5.98. The fourth-order valence-electron chi connectivity index (χ4n) is 8.41.